The van der Waals surface area contributed by atoms with Gasteiger partial charge in [-0.2, -0.15) is 13.2 Å². The molecule has 0 unspecified atom stereocenters. The van der Waals surface area contributed by atoms with Crippen LogP contribution in [0.3, 0.4) is 0 Å². The molecule has 0 saturated heterocycles. The topological polar surface area (TPSA) is 75.1 Å². The Balaban J connectivity index is 1.58. The summed E-state index contributed by atoms with van der Waals surface area (Å²) in [6, 6.07) is 5.54. The van der Waals surface area contributed by atoms with Crippen LogP contribution in [-0.2, 0) is 12.6 Å². The molecule has 2 N–H and O–H groups in total. The van der Waals surface area contributed by atoms with Crippen molar-refractivity contribution in [2.75, 3.05) is 0 Å². The zero-order valence-corrected chi connectivity index (χ0v) is 17.5. The lowest BCUT2D eigenvalue weighted by molar-refractivity contribution is -0.141. The Morgan fingerprint density at radius 3 is 2.74 bits per heavy atom. The van der Waals surface area contributed by atoms with Crippen molar-refractivity contribution in [2.24, 2.45) is 0 Å². The van der Waals surface area contributed by atoms with Crippen LogP contribution in [0.5, 0.6) is 0 Å². The molecule has 3 aromatic rings. The average Bonchev–Trinajstić information content (AvgIpc) is 3.12. The maximum Gasteiger partial charge on any atom is 0.433 e. The van der Waals surface area contributed by atoms with Crippen LogP contribution in [0.4, 0.5) is 13.2 Å². The lowest BCUT2D eigenvalue weighted by atomic mass is 10.0. The Morgan fingerprint density at radius 2 is 2.00 bits per heavy atom. The largest absolute Gasteiger partial charge is 0.433 e. The third-order valence-electron chi connectivity index (χ3n) is 5.53. The van der Waals surface area contributed by atoms with Crippen molar-refractivity contribution in [1.29, 1.82) is 0 Å². The van der Waals surface area contributed by atoms with Gasteiger partial charge < -0.3 is 10.4 Å². The number of carbonyl (C=O) groups excluding carboxylic acids is 1. The van der Waals surface area contributed by atoms with Crippen LogP contribution in [0.1, 0.15) is 59.4 Å². The summed E-state index contributed by atoms with van der Waals surface area (Å²) in [5, 5.41) is 15.1. The van der Waals surface area contributed by atoms with Crippen molar-refractivity contribution in [1.82, 2.24) is 15.3 Å². The maximum absolute atomic E-state index is 12.9. The number of fused-ring (bicyclic) bond motifs is 1. The number of rotatable bonds is 4. The molecule has 0 aliphatic heterocycles. The third kappa shape index (κ3) is 5.04. The Labute approximate surface area is 181 Å². The number of pyridine rings is 2. The van der Waals surface area contributed by atoms with E-state index in [-0.39, 0.29) is 17.6 Å². The number of thiophene rings is 1. The van der Waals surface area contributed by atoms with Gasteiger partial charge in [0.1, 0.15) is 11.4 Å². The monoisotopic (exact) mass is 449 g/mol. The molecular formula is C22H22F3N3O2S. The molecule has 31 heavy (non-hydrogen) atoms. The smallest absolute Gasteiger partial charge is 0.391 e. The van der Waals surface area contributed by atoms with E-state index in [1.807, 2.05) is 11.4 Å². The van der Waals surface area contributed by atoms with Crippen LogP contribution in [0, 0.1) is 0 Å². The van der Waals surface area contributed by atoms with Crippen molar-refractivity contribution < 1.29 is 23.1 Å². The van der Waals surface area contributed by atoms with Gasteiger partial charge in [0.15, 0.2) is 0 Å². The van der Waals surface area contributed by atoms with Crippen molar-refractivity contribution in [3.63, 3.8) is 0 Å². The number of nitrogens with one attached hydrogen (secondary N) is 1. The normalized spacial score (nSPS) is 19.9. The summed E-state index contributed by atoms with van der Waals surface area (Å²) < 4.78 is 39.2. The Bertz CT molecular complexity index is 1070. The summed E-state index contributed by atoms with van der Waals surface area (Å²) in [4.78, 5) is 20.8. The summed E-state index contributed by atoms with van der Waals surface area (Å²) in [5.74, 6) is -0.356. The number of halogens is 3. The maximum atomic E-state index is 12.9. The number of hydrogen-bond acceptors (Lipinski definition) is 5. The highest BCUT2D eigenvalue weighted by atomic mass is 32.1. The SMILES string of the molecule is O=C(N[C@@H]1CCCCC[C@H]1O)c1cc(Cc2ccc(C(F)(F)F)nc2)c2sccc2n1. The van der Waals surface area contributed by atoms with Gasteiger partial charge in [-0.25, -0.2) is 4.98 Å². The lowest BCUT2D eigenvalue weighted by Gasteiger charge is -2.21. The molecule has 1 amide bonds. The number of amides is 1. The Hall–Kier alpha value is -2.52. The first-order valence-electron chi connectivity index (χ1n) is 10.2. The second-order valence-corrected chi connectivity index (χ2v) is 8.73. The first-order valence-corrected chi connectivity index (χ1v) is 11.1. The number of aliphatic hydroxyl groups is 1. The van der Waals surface area contributed by atoms with Gasteiger partial charge in [0, 0.05) is 12.6 Å². The molecule has 0 aromatic carbocycles. The number of hydrogen-bond donors (Lipinski definition) is 2. The minimum atomic E-state index is -4.48. The summed E-state index contributed by atoms with van der Waals surface area (Å²) in [7, 11) is 0. The zero-order chi connectivity index (χ0) is 22.0. The first-order chi connectivity index (χ1) is 14.8. The van der Waals surface area contributed by atoms with Crippen LogP contribution in [-0.4, -0.2) is 33.1 Å². The Kier molecular flexibility index (Phi) is 6.24. The molecule has 4 rings (SSSR count). The number of aromatic nitrogens is 2. The van der Waals surface area contributed by atoms with Gasteiger partial charge in [0.2, 0.25) is 0 Å². The molecule has 0 bridgehead atoms. The molecule has 3 heterocycles. The molecule has 1 aliphatic carbocycles. The predicted molar refractivity (Wildman–Crippen MR) is 112 cm³/mol. The van der Waals surface area contributed by atoms with E-state index in [1.165, 1.54) is 23.6 Å². The van der Waals surface area contributed by atoms with E-state index in [0.29, 0.717) is 23.9 Å². The van der Waals surface area contributed by atoms with Gasteiger partial charge in [-0.1, -0.05) is 25.3 Å². The molecule has 1 fully saturated rings. The fourth-order valence-electron chi connectivity index (χ4n) is 3.89. The van der Waals surface area contributed by atoms with Crippen LogP contribution >= 0.6 is 11.3 Å². The molecule has 164 valence electrons. The van der Waals surface area contributed by atoms with Gasteiger partial charge >= 0.3 is 6.18 Å². The second kappa shape index (κ2) is 8.92. The molecule has 0 radical (unpaired) electrons. The minimum absolute atomic E-state index is 0.234. The quantitative estimate of drug-likeness (QED) is 0.565. The molecule has 1 saturated carbocycles. The van der Waals surface area contributed by atoms with Gasteiger partial charge in [-0.05, 0) is 47.5 Å². The highest BCUT2D eigenvalue weighted by Crippen LogP contribution is 2.29. The number of alkyl halides is 3. The highest BCUT2D eigenvalue weighted by molar-refractivity contribution is 7.17. The van der Waals surface area contributed by atoms with Crippen molar-refractivity contribution >= 4 is 27.5 Å². The molecule has 2 atom stereocenters. The van der Waals surface area contributed by atoms with Crippen LogP contribution in [0.2, 0.25) is 0 Å². The molecule has 3 aromatic heterocycles. The van der Waals surface area contributed by atoms with Crippen molar-refractivity contribution in [2.45, 2.75) is 56.8 Å². The zero-order valence-electron chi connectivity index (χ0n) is 16.7. The minimum Gasteiger partial charge on any atom is -0.391 e. The van der Waals surface area contributed by atoms with E-state index in [1.54, 1.807) is 6.07 Å². The van der Waals surface area contributed by atoms with Crippen molar-refractivity contribution in [3.8, 4) is 0 Å². The first kappa shape index (κ1) is 21.7. The number of carbonyl (C=O) groups is 1. The molecule has 9 heteroatoms. The number of aliphatic hydroxyl groups excluding tert-OH is 1. The molecule has 0 spiro atoms. The summed E-state index contributed by atoms with van der Waals surface area (Å²) in [6.07, 6.45) is 0.794. The van der Waals surface area contributed by atoms with Crippen molar-refractivity contribution in [3.05, 3.63) is 58.4 Å². The summed E-state index contributed by atoms with van der Waals surface area (Å²) >= 11 is 1.47. The van der Waals surface area contributed by atoms with E-state index >= 15 is 0 Å². The van der Waals surface area contributed by atoms with E-state index in [2.05, 4.69) is 15.3 Å². The summed E-state index contributed by atoms with van der Waals surface area (Å²) in [5.41, 5.74) is 1.37. The van der Waals surface area contributed by atoms with Gasteiger partial charge in [-0.3, -0.25) is 9.78 Å². The molecular weight excluding hydrogens is 427 g/mol. The predicted octanol–water partition coefficient (Wildman–Crippen LogP) is 4.72. The van der Waals surface area contributed by atoms with E-state index in [4.69, 9.17) is 0 Å². The van der Waals surface area contributed by atoms with Gasteiger partial charge in [-0.15, -0.1) is 11.3 Å². The average molecular weight is 449 g/mol. The Morgan fingerprint density at radius 1 is 1.19 bits per heavy atom. The lowest BCUT2D eigenvalue weighted by Crippen LogP contribution is -2.43. The fourth-order valence-corrected chi connectivity index (χ4v) is 4.74. The third-order valence-corrected chi connectivity index (χ3v) is 6.51. The van der Waals surface area contributed by atoms with Gasteiger partial charge in [0.05, 0.1) is 22.4 Å². The second-order valence-electron chi connectivity index (χ2n) is 7.81. The molecule has 5 nitrogen and oxygen atoms in total. The van der Waals surface area contributed by atoms with E-state index in [0.717, 1.165) is 42.0 Å². The van der Waals surface area contributed by atoms with Crippen LogP contribution in [0.15, 0.2) is 35.8 Å². The fraction of sp³-hybridized carbons (Fsp3) is 0.409. The van der Waals surface area contributed by atoms with E-state index < -0.39 is 18.0 Å². The van der Waals surface area contributed by atoms with Gasteiger partial charge in [0.25, 0.3) is 5.91 Å². The van der Waals surface area contributed by atoms with Crippen LogP contribution in [0.25, 0.3) is 10.2 Å². The summed E-state index contributed by atoms with van der Waals surface area (Å²) in [6.45, 7) is 0. The van der Waals surface area contributed by atoms with E-state index in [9.17, 15) is 23.1 Å². The van der Waals surface area contributed by atoms with Crippen LogP contribution < -0.4 is 5.32 Å². The molecule has 1 aliphatic rings. The number of nitrogens with zero attached hydrogens (tertiary/aromatic N) is 2. The highest BCUT2D eigenvalue weighted by Gasteiger charge is 2.32. The standard InChI is InChI=1S/C22H22F3N3O2S/c23-22(24,25)19-7-6-13(12-26-19)10-14-11-17(27-16-8-9-31-20(14)16)21(30)28-15-4-2-1-3-5-18(15)29/h6-9,11-12,15,18,29H,1-5,10H2,(H,28,30)/t15-,18-/m1/s1.